The number of carbonyl (C=O) groups is 2. The summed E-state index contributed by atoms with van der Waals surface area (Å²) in [6, 6.07) is 3.07. The van der Waals surface area contributed by atoms with Crippen LogP contribution in [-0.4, -0.2) is 92.5 Å². The average molecular weight is 480 g/mol. The predicted octanol–water partition coefficient (Wildman–Crippen LogP) is 0.0542. The molecule has 2 aliphatic heterocycles. The van der Waals surface area contributed by atoms with Gasteiger partial charge in [0, 0.05) is 48.4 Å². The van der Waals surface area contributed by atoms with E-state index >= 15 is 0 Å². The second-order valence-electron chi connectivity index (χ2n) is 8.76. The highest BCUT2D eigenvalue weighted by Gasteiger charge is 2.53. The molecule has 0 spiro atoms. The number of aliphatic hydroxyl groups excluding tert-OH is 1. The van der Waals surface area contributed by atoms with Crippen molar-refractivity contribution in [2.75, 3.05) is 32.9 Å². The fourth-order valence-corrected chi connectivity index (χ4v) is 6.23. The smallest absolute Gasteiger partial charge is 0.248 e. The molecule has 3 heterocycles. The van der Waals surface area contributed by atoms with Gasteiger partial charge in [0.2, 0.25) is 11.8 Å². The fraction of sp³-hybridized carbons (Fsp3) is 0.545. The van der Waals surface area contributed by atoms with Gasteiger partial charge in [-0.15, -0.1) is 0 Å². The van der Waals surface area contributed by atoms with Gasteiger partial charge in [0.15, 0.2) is 0 Å². The van der Waals surface area contributed by atoms with Crippen LogP contribution < -0.4 is 10.6 Å². The summed E-state index contributed by atoms with van der Waals surface area (Å²) < 4.78 is 28.1. The molecule has 2 aromatic rings. The van der Waals surface area contributed by atoms with Crippen molar-refractivity contribution >= 4 is 33.7 Å². The molecule has 1 aromatic carbocycles. The molecule has 2 amide bonds. The minimum Gasteiger partial charge on any atom is -0.391 e. The summed E-state index contributed by atoms with van der Waals surface area (Å²) in [5.74, 6) is -1.24. The lowest BCUT2D eigenvalue weighted by Crippen LogP contribution is -2.56. The summed E-state index contributed by atoms with van der Waals surface area (Å²) in [7, 11) is 0.392. The van der Waals surface area contributed by atoms with Gasteiger partial charge in [-0.1, -0.05) is 0 Å². The number of benzene rings is 1. The number of H-pyrrole nitrogens is 1. The lowest BCUT2D eigenvalue weighted by Gasteiger charge is -2.33. The Labute approximate surface area is 194 Å². The summed E-state index contributed by atoms with van der Waals surface area (Å²) in [5, 5.41) is 16.5. The first-order valence-electron chi connectivity index (χ1n) is 11.0. The number of nitrogens with one attached hydrogen (secondary N) is 3. The number of nitrogens with zero attached hydrogens (tertiary/aromatic N) is 2. The summed E-state index contributed by atoms with van der Waals surface area (Å²) in [6.45, 7) is 2.42. The maximum Gasteiger partial charge on any atom is 0.248 e. The highest BCUT2D eigenvalue weighted by molar-refractivity contribution is 7.81. The van der Waals surface area contributed by atoms with Crippen LogP contribution in [0.5, 0.6) is 0 Å². The number of hydrogen-bond acceptors (Lipinski definition) is 5. The molecule has 180 valence electrons. The van der Waals surface area contributed by atoms with Gasteiger partial charge < -0.3 is 25.6 Å². The Morgan fingerprint density at radius 3 is 2.82 bits per heavy atom. The van der Waals surface area contributed by atoms with Gasteiger partial charge in [-0.05, 0) is 44.2 Å². The van der Waals surface area contributed by atoms with Crippen molar-refractivity contribution < 1.29 is 23.3 Å². The monoisotopic (exact) mass is 479 g/mol. The third kappa shape index (κ3) is 4.42. The summed E-state index contributed by atoms with van der Waals surface area (Å²) in [5.41, 5.74) is 1.59. The zero-order valence-corrected chi connectivity index (χ0v) is 19.7. The van der Waals surface area contributed by atoms with E-state index in [2.05, 4.69) is 15.6 Å². The Balaban J connectivity index is 1.68. The molecule has 2 aliphatic rings. The average Bonchev–Trinajstić information content (AvgIpc) is 3.44. The number of amides is 2. The molecule has 33 heavy (non-hydrogen) atoms. The minimum absolute atomic E-state index is 0.0275. The molecule has 4 N–H and O–H groups in total. The number of aromatic amines is 1. The fourth-order valence-electron chi connectivity index (χ4n) is 5.25. The predicted molar refractivity (Wildman–Crippen MR) is 123 cm³/mol. The highest BCUT2D eigenvalue weighted by Crippen LogP contribution is 2.43. The van der Waals surface area contributed by atoms with Crippen LogP contribution in [0.15, 0.2) is 24.4 Å². The number of aliphatic hydroxyl groups is 1. The summed E-state index contributed by atoms with van der Waals surface area (Å²) in [6.07, 6.45) is 3.02. The van der Waals surface area contributed by atoms with E-state index in [0.29, 0.717) is 25.0 Å². The maximum absolute atomic E-state index is 13.7. The Morgan fingerprint density at radius 1 is 1.39 bits per heavy atom. The maximum atomic E-state index is 13.7. The van der Waals surface area contributed by atoms with Crippen LogP contribution in [0.4, 0.5) is 4.39 Å². The number of carbonyl (C=O) groups excluding carboxylic acids is 2. The Hall–Kier alpha value is -2.34. The van der Waals surface area contributed by atoms with E-state index in [4.69, 9.17) is 0 Å². The molecule has 2 saturated heterocycles. The van der Waals surface area contributed by atoms with Crippen LogP contribution in [0.2, 0.25) is 0 Å². The van der Waals surface area contributed by atoms with Crippen molar-refractivity contribution in [2.24, 2.45) is 0 Å². The van der Waals surface area contributed by atoms with Gasteiger partial charge >= 0.3 is 0 Å². The van der Waals surface area contributed by atoms with E-state index in [9.17, 15) is 23.3 Å². The van der Waals surface area contributed by atoms with E-state index in [1.807, 2.05) is 10.5 Å². The molecule has 9 nitrogen and oxygen atoms in total. The third-order valence-electron chi connectivity index (χ3n) is 6.67. The first-order chi connectivity index (χ1) is 15.7. The van der Waals surface area contributed by atoms with Crippen molar-refractivity contribution in [2.45, 2.75) is 43.5 Å². The first kappa shape index (κ1) is 23.8. The van der Waals surface area contributed by atoms with E-state index in [-0.39, 0.29) is 42.2 Å². The molecule has 2 fully saturated rings. The lowest BCUT2D eigenvalue weighted by atomic mass is 9.91. The number of halogens is 1. The molecule has 1 aromatic heterocycles. The largest absolute Gasteiger partial charge is 0.391 e. The van der Waals surface area contributed by atoms with Gasteiger partial charge in [0.25, 0.3) is 0 Å². The molecular weight excluding hydrogens is 449 g/mol. The molecular formula is C22H30FN5O4S. The molecule has 0 saturated carbocycles. The summed E-state index contributed by atoms with van der Waals surface area (Å²) >= 11 is 0. The molecule has 11 heteroatoms. The minimum atomic E-state index is -1.23. The Kier molecular flexibility index (Phi) is 6.85. The van der Waals surface area contributed by atoms with Crippen LogP contribution in [0.3, 0.4) is 0 Å². The zero-order valence-electron chi connectivity index (χ0n) is 18.9. The number of fused-ring (bicyclic) bond motifs is 2. The van der Waals surface area contributed by atoms with Crippen molar-refractivity contribution in [3.05, 3.63) is 35.8 Å². The molecule has 5 unspecified atom stereocenters. The van der Waals surface area contributed by atoms with Crippen molar-refractivity contribution in [3.8, 4) is 0 Å². The number of likely N-dealkylation sites (N-methyl/N-ethyl adjacent to an activating group) is 1. The SMILES string of the molecule is CNCC(=O)NC(C(=O)N1CCC2C1[C@@H](c1c[nH]c3cc(F)ccc13)CN2S(C)=O)C(C)O. The third-order valence-corrected chi connectivity index (χ3v) is 7.75. The standard InChI is InChI=1S/C22H30FN5O4S/c1-12(29)20(26-19(30)10-24-2)22(31)27-7-6-18-21(27)16(11-28(18)33(3)32)15-9-25-17-8-13(23)4-5-14(15)17/h4-5,8-9,12,16,18,20-21,24-25,29H,6-7,10-11H2,1-3H3,(H,26,30)/t12?,16-,18?,20?,21?,33?/m1/s1. The molecule has 6 atom stereocenters. The Bertz CT molecular complexity index is 1080. The van der Waals surface area contributed by atoms with E-state index in [1.165, 1.54) is 19.1 Å². The van der Waals surface area contributed by atoms with Gasteiger partial charge in [0.05, 0.1) is 29.7 Å². The molecule has 4 rings (SSSR count). The quantitative estimate of drug-likeness (QED) is 0.448. The number of likely N-dealkylation sites (tertiary alicyclic amines) is 1. The van der Waals surface area contributed by atoms with Crippen LogP contribution in [0.25, 0.3) is 10.9 Å². The normalized spacial score (nSPS) is 25.7. The first-order valence-corrected chi connectivity index (χ1v) is 12.5. The van der Waals surface area contributed by atoms with Gasteiger partial charge in [0.1, 0.15) is 11.9 Å². The lowest BCUT2D eigenvalue weighted by molar-refractivity contribution is -0.140. The summed E-state index contributed by atoms with van der Waals surface area (Å²) in [4.78, 5) is 30.5. The Morgan fingerprint density at radius 2 is 2.15 bits per heavy atom. The number of rotatable bonds is 7. The second-order valence-corrected chi connectivity index (χ2v) is 10.1. The van der Waals surface area contributed by atoms with Gasteiger partial charge in [-0.2, -0.15) is 0 Å². The van der Waals surface area contributed by atoms with Crippen LogP contribution in [0.1, 0.15) is 24.8 Å². The topological polar surface area (TPSA) is 118 Å². The zero-order chi connectivity index (χ0) is 23.9. The van der Waals surface area contributed by atoms with Crippen LogP contribution in [-0.2, 0) is 20.6 Å². The van der Waals surface area contributed by atoms with E-state index in [1.54, 1.807) is 24.3 Å². The van der Waals surface area contributed by atoms with E-state index < -0.39 is 23.1 Å². The molecule has 0 radical (unpaired) electrons. The highest BCUT2D eigenvalue weighted by atomic mass is 32.2. The number of hydrogen-bond donors (Lipinski definition) is 4. The number of aromatic nitrogens is 1. The van der Waals surface area contributed by atoms with E-state index in [0.717, 1.165) is 10.9 Å². The van der Waals surface area contributed by atoms with Crippen molar-refractivity contribution in [1.29, 1.82) is 0 Å². The molecule has 0 bridgehead atoms. The molecule has 0 aliphatic carbocycles. The van der Waals surface area contributed by atoms with Gasteiger partial charge in [-0.25, -0.2) is 12.9 Å². The van der Waals surface area contributed by atoms with Crippen LogP contribution >= 0.6 is 0 Å². The van der Waals surface area contributed by atoms with Gasteiger partial charge in [-0.3, -0.25) is 9.59 Å². The van der Waals surface area contributed by atoms with Crippen molar-refractivity contribution in [3.63, 3.8) is 0 Å². The van der Waals surface area contributed by atoms with Crippen molar-refractivity contribution in [1.82, 2.24) is 24.8 Å². The second kappa shape index (κ2) is 9.49. The van der Waals surface area contributed by atoms with Crippen LogP contribution in [0, 0.1) is 5.82 Å².